The van der Waals surface area contributed by atoms with Crippen LogP contribution in [0.1, 0.15) is 0 Å². The molecule has 2 aromatic rings. The van der Waals surface area contributed by atoms with Crippen LogP contribution in [0.15, 0.2) is 30.9 Å². The first-order valence-corrected chi connectivity index (χ1v) is 4.54. The zero-order valence-electron chi connectivity index (χ0n) is 8.62. The Bertz CT molecular complexity index is 423. The van der Waals surface area contributed by atoms with Crippen molar-refractivity contribution in [2.24, 2.45) is 0 Å². The Hall–Kier alpha value is -2.04. The topological polar surface area (TPSA) is 54.8 Å². The summed E-state index contributed by atoms with van der Waals surface area (Å²) in [5, 5.41) is 0. The maximum Gasteiger partial charge on any atom is 0.197 e. The Morgan fingerprint density at radius 1 is 0.867 bits per heavy atom. The van der Waals surface area contributed by atoms with Gasteiger partial charge >= 0.3 is 0 Å². The zero-order chi connectivity index (χ0) is 10.7. The van der Waals surface area contributed by atoms with E-state index in [1.807, 2.05) is 19.0 Å². The lowest BCUT2D eigenvalue weighted by molar-refractivity contribution is 1.04. The van der Waals surface area contributed by atoms with Crippen LogP contribution in [0.2, 0.25) is 0 Å². The summed E-state index contributed by atoms with van der Waals surface area (Å²) in [6.45, 7) is 0. The second-order valence-corrected chi connectivity index (χ2v) is 3.23. The fourth-order valence-electron chi connectivity index (χ4n) is 1.08. The highest BCUT2D eigenvalue weighted by atomic mass is 15.1. The van der Waals surface area contributed by atoms with Gasteiger partial charge in [-0.3, -0.25) is 0 Å². The molecule has 0 aliphatic rings. The quantitative estimate of drug-likeness (QED) is 0.725. The predicted molar refractivity (Wildman–Crippen MR) is 57.4 cm³/mol. The fourth-order valence-corrected chi connectivity index (χ4v) is 1.08. The van der Waals surface area contributed by atoms with E-state index < -0.39 is 0 Å². The maximum atomic E-state index is 4.19. The first kappa shape index (κ1) is 9.51. The molecule has 2 heterocycles. The van der Waals surface area contributed by atoms with Crippen LogP contribution in [0, 0.1) is 0 Å². The van der Waals surface area contributed by atoms with E-state index in [0.717, 1.165) is 5.69 Å². The molecular weight excluding hydrogens is 190 g/mol. The zero-order valence-corrected chi connectivity index (χ0v) is 8.62. The summed E-state index contributed by atoms with van der Waals surface area (Å²) in [5.41, 5.74) is 0.953. The standard InChI is InChI=1S/C10H11N5/c1-15(2)8-6-13-10(14-7-8)9-11-4-3-5-12-9/h3-7H,1-2H3. The van der Waals surface area contributed by atoms with E-state index in [9.17, 15) is 0 Å². The van der Waals surface area contributed by atoms with Crippen molar-refractivity contribution in [3.8, 4) is 11.6 Å². The summed E-state index contributed by atoms with van der Waals surface area (Å²) < 4.78 is 0. The molecule has 0 unspecified atom stereocenters. The molecule has 0 bridgehead atoms. The highest BCUT2D eigenvalue weighted by Crippen LogP contribution is 2.11. The lowest BCUT2D eigenvalue weighted by Gasteiger charge is -2.10. The van der Waals surface area contributed by atoms with Crippen molar-refractivity contribution in [2.75, 3.05) is 19.0 Å². The number of aromatic nitrogens is 4. The molecule has 76 valence electrons. The third-order valence-corrected chi connectivity index (χ3v) is 1.92. The average Bonchev–Trinajstić information content (AvgIpc) is 2.30. The Balaban J connectivity index is 2.32. The van der Waals surface area contributed by atoms with Gasteiger partial charge in [0.2, 0.25) is 0 Å². The largest absolute Gasteiger partial charge is 0.375 e. The van der Waals surface area contributed by atoms with Crippen LogP contribution in [0.5, 0.6) is 0 Å². The van der Waals surface area contributed by atoms with E-state index in [1.54, 1.807) is 30.9 Å². The van der Waals surface area contributed by atoms with E-state index >= 15 is 0 Å². The molecule has 0 spiro atoms. The van der Waals surface area contributed by atoms with E-state index in [2.05, 4.69) is 19.9 Å². The molecule has 0 aromatic carbocycles. The van der Waals surface area contributed by atoms with Gasteiger partial charge in [0.05, 0.1) is 18.1 Å². The van der Waals surface area contributed by atoms with Gasteiger partial charge in [0.1, 0.15) is 0 Å². The molecule has 0 fully saturated rings. The lowest BCUT2D eigenvalue weighted by Crippen LogP contribution is -2.09. The van der Waals surface area contributed by atoms with Crippen molar-refractivity contribution in [1.82, 2.24) is 19.9 Å². The SMILES string of the molecule is CN(C)c1cnc(-c2ncccn2)nc1. The first-order chi connectivity index (χ1) is 7.27. The summed E-state index contributed by atoms with van der Waals surface area (Å²) >= 11 is 0. The van der Waals surface area contributed by atoms with Crippen molar-refractivity contribution in [3.63, 3.8) is 0 Å². The van der Waals surface area contributed by atoms with Crippen molar-refractivity contribution >= 4 is 5.69 Å². The van der Waals surface area contributed by atoms with Crippen LogP contribution in [-0.4, -0.2) is 34.0 Å². The number of nitrogens with zero attached hydrogens (tertiary/aromatic N) is 5. The normalized spacial score (nSPS) is 10.0. The molecule has 2 aromatic heterocycles. The third kappa shape index (κ3) is 2.07. The lowest BCUT2D eigenvalue weighted by atomic mass is 10.4. The van der Waals surface area contributed by atoms with Gasteiger partial charge in [-0.1, -0.05) is 0 Å². The molecule has 0 atom stereocenters. The fraction of sp³-hybridized carbons (Fsp3) is 0.200. The molecule has 15 heavy (non-hydrogen) atoms. The van der Waals surface area contributed by atoms with Gasteiger partial charge in [-0.05, 0) is 6.07 Å². The average molecular weight is 201 g/mol. The van der Waals surface area contributed by atoms with Gasteiger partial charge in [0.15, 0.2) is 11.6 Å². The van der Waals surface area contributed by atoms with Gasteiger partial charge in [-0.25, -0.2) is 19.9 Å². The minimum absolute atomic E-state index is 0.543. The molecule has 5 nitrogen and oxygen atoms in total. The van der Waals surface area contributed by atoms with E-state index in [4.69, 9.17) is 0 Å². The summed E-state index contributed by atoms with van der Waals surface area (Å²) in [7, 11) is 3.88. The van der Waals surface area contributed by atoms with Gasteiger partial charge < -0.3 is 4.90 Å². The first-order valence-electron chi connectivity index (χ1n) is 4.54. The highest BCUT2D eigenvalue weighted by Gasteiger charge is 2.03. The van der Waals surface area contributed by atoms with Gasteiger partial charge in [0, 0.05) is 26.5 Å². The Morgan fingerprint density at radius 3 is 1.93 bits per heavy atom. The van der Waals surface area contributed by atoms with E-state index in [0.29, 0.717) is 11.6 Å². The Kier molecular flexibility index (Phi) is 2.53. The van der Waals surface area contributed by atoms with Crippen molar-refractivity contribution < 1.29 is 0 Å². The van der Waals surface area contributed by atoms with Crippen LogP contribution >= 0.6 is 0 Å². The summed E-state index contributed by atoms with van der Waals surface area (Å²) in [4.78, 5) is 18.5. The monoisotopic (exact) mass is 201 g/mol. The van der Waals surface area contributed by atoms with Gasteiger partial charge in [-0.2, -0.15) is 0 Å². The van der Waals surface area contributed by atoms with Crippen LogP contribution in [0.4, 0.5) is 5.69 Å². The number of anilines is 1. The Morgan fingerprint density at radius 2 is 1.40 bits per heavy atom. The minimum atomic E-state index is 0.543. The van der Waals surface area contributed by atoms with Crippen molar-refractivity contribution in [2.45, 2.75) is 0 Å². The van der Waals surface area contributed by atoms with Crippen LogP contribution < -0.4 is 4.90 Å². The highest BCUT2D eigenvalue weighted by molar-refractivity contribution is 5.47. The molecule has 0 aliphatic carbocycles. The predicted octanol–water partition coefficient (Wildman–Crippen LogP) is 1.000. The maximum absolute atomic E-state index is 4.19. The van der Waals surface area contributed by atoms with Crippen LogP contribution in [0.25, 0.3) is 11.6 Å². The minimum Gasteiger partial charge on any atom is -0.375 e. The summed E-state index contributed by atoms with van der Waals surface area (Å²) in [6.07, 6.45) is 6.84. The second-order valence-electron chi connectivity index (χ2n) is 3.23. The summed E-state index contributed by atoms with van der Waals surface area (Å²) in [5.74, 6) is 1.09. The van der Waals surface area contributed by atoms with Crippen LogP contribution in [0.3, 0.4) is 0 Å². The third-order valence-electron chi connectivity index (χ3n) is 1.92. The Labute approximate surface area is 87.9 Å². The second kappa shape index (κ2) is 4.00. The van der Waals surface area contributed by atoms with Crippen LogP contribution in [-0.2, 0) is 0 Å². The molecule has 0 aliphatic heterocycles. The van der Waals surface area contributed by atoms with Crippen molar-refractivity contribution in [3.05, 3.63) is 30.9 Å². The van der Waals surface area contributed by atoms with Gasteiger partial charge in [0.25, 0.3) is 0 Å². The number of rotatable bonds is 2. The smallest absolute Gasteiger partial charge is 0.197 e. The molecule has 0 N–H and O–H groups in total. The number of hydrogen-bond donors (Lipinski definition) is 0. The molecule has 0 radical (unpaired) electrons. The van der Waals surface area contributed by atoms with Crippen molar-refractivity contribution in [1.29, 1.82) is 0 Å². The molecular formula is C10H11N5. The summed E-state index contributed by atoms with van der Waals surface area (Å²) in [6, 6.07) is 1.76. The van der Waals surface area contributed by atoms with E-state index in [1.165, 1.54) is 0 Å². The number of hydrogen-bond acceptors (Lipinski definition) is 5. The molecule has 0 saturated heterocycles. The molecule has 5 heteroatoms. The molecule has 0 amide bonds. The molecule has 0 saturated carbocycles. The van der Waals surface area contributed by atoms with E-state index in [-0.39, 0.29) is 0 Å². The molecule has 2 rings (SSSR count). The van der Waals surface area contributed by atoms with Gasteiger partial charge in [-0.15, -0.1) is 0 Å².